The molecule has 2 atom stereocenters. The minimum absolute atomic E-state index is 0.00874. The predicted molar refractivity (Wildman–Crippen MR) is 133 cm³/mol. The number of anilines is 1. The molecule has 0 spiro atoms. The van der Waals surface area contributed by atoms with Gasteiger partial charge in [-0.3, -0.25) is 4.79 Å². The second kappa shape index (κ2) is 12.1. The Morgan fingerprint density at radius 1 is 1.06 bits per heavy atom. The predicted octanol–water partition coefficient (Wildman–Crippen LogP) is 3.89. The van der Waals surface area contributed by atoms with Gasteiger partial charge >= 0.3 is 0 Å². The van der Waals surface area contributed by atoms with Crippen LogP contribution in [0.15, 0.2) is 72.8 Å². The number of thiol groups is 1. The largest absolute Gasteiger partial charge is 0.463 e. The summed E-state index contributed by atoms with van der Waals surface area (Å²) < 4.78 is 6.01. The van der Waals surface area contributed by atoms with Gasteiger partial charge in [0, 0.05) is 30.4 Å². The fraction of sp³-hybridized carbons (Fsp3) is 0.280. The first-order valence-electron chi connectivity index (χ1n) is 10.7. The van der Waals surface area contributed by atoms with Crippen LogP contribution in [0, 0.1) is 0 Å². The molecule has 6 nitrogen and oxygen atoms in total. The Balaban J connectivity index is 1.72. The van der Waals surface area contributed by atoms with Crippen molar-refractivity contribution in [3.63, 3.8) is 0 Å². The van der Waals surface area contributed by atoms with Gasteiger partial charge < -0.3 is 21.1 Å². The summed E-state index contributed by atoms with van der Waals surface area (Å²) in [5, 5.41) is 6.24. The molecule has 0 aliphatic rings. The normalized spacial score (nSPS) is 12.6. The van der Waals surface area contributed by atoms with Gasteiger partial charge in [-0.2, -0.15) is 12.6 Å². The number of aromatic nitrogens is 1. The van der Waals surface area contributed by atoms with E-state index in [1.807, 2.05) is 72.8 Å². The summed E-state index contributed by atoms with van der Waals surface area (Å²) in [5.41, 5.74) is 9.46. The van der Waals surface area contributed by atoms with Gasteiger partial charge in [0.1, 0.15) is 0 Å². The molecule has 0 fully saturated rings. The van der Waals surface area contributed by atoms with Crippen molar-refractivity contribution in [1.82, 2.24) is 10.3 Å². The van der Waals surface area contributed by atoms with Gasteiger partial charge in [-0.15, -0.1) is 0 Å². The Bertz CT molecular complexity index is 986. The molecule has 0 radical (unpaired) electrons. The lowest BCUT2D eigenvalue weighted by atomic mass is 10.1. The molecule has 1 amide bonds. The number of rotatable bonds is 11. The number of pyridine rings is 1. The monoisotopic (exact) mass is 450 g/mol. The zero-order valence-corrected chi connectivity index (χ0v) is 19.1. The first-order valence-corrected chi connectivity index (χ1v) is 11.3. The van der Waals surface area contributed by atoms with Gasteiger partial charge in [0.05, 0.1) is 11.4 Å². The van der Waals surface area contributed by atoms with E-state index >= 15 is 0 Å². The Labute approximate surface area is 195 Å². The molecular weight excluding hydrogens is 420 g/mol. The van der Waals surface area contributed by atoms with Crippen LogP contribution >= 0.6 is 12.6 Å². The average molecular weight is 451 g/mol. The van der Waals surface area contributed by atoms with Crippen LogP contribution in [-0.2, 0) is 11.3 Å². The van der Waals surface area contributed by atoms with Crippen LogP contribution in [0.3, 0.4) is 0 Å². The molecule has 7 heteroatoms. The topological polar surface area (TPSA) is 89.3 Å². The number of ether oxygens (including phenoxy) is 1. The molecular formula is C25H30N4O2S. The van der Waals surface area contributed by atoms with E-state index in [1.54, 1.807) is 6.92 Å². The maximum absolute atomic E-state index is 12.6. The van der Waals surface area contributed by atoms with Crippen LogP contribution in [0.2, 0.25) is 0 Å². The number of carbonyl (C=O) groups excluding carboxylic acids is 1. The quantitative estimate of drug-likeness (QED) is 0.333. The van der Waals surface area contributed by atoms with Crippen molar-refractivity contribution in [2.75, 3.05) is 17.6 Å². The fourth-order valence-corrected chi connectivity index (χ4v) is 3.25. The first-order chi connectivity index (χ1) is 15.6. The van der Waals surface area contributed by atoms with Crippen molar-refractivity contribution >= 4 is 24.2 Å². The summed E-state index contributed by atoms with van der Waals surface area (Å²) in [6.07, 6.45) is 0.0497. The number of nitrogens with zero attached hydrogens (tertiary/aromatic N) is 1. The number of benzene rings is 2. The highest BCUT2D eigenvalue weighted by Crippen LogP contribution is 2.28. The minimum atomic E-state index is -0.711. The summed E-state index contributed by atoms with van der Waals surface area (Å²) in [7, 11) is 0. The van der Waals surface area contributed by atoms with E-state index in [4.69, 9.17) is 15.5 Å². The van der Waals surface area contributed by atoms with Crippen LogP contribution in [-0.4, -0.2) is 35.3 Å². The van der Waals surface area contributed by atoms with Crippen molar-refractivity contribution in [3.8, 4) is 17.1 Å². The molecule has 2 unspecified atom stereocenters. The molecule has 1 aromatic heterocycles. The Hall–Kier alpha value is -3.03. The Morgan fingerprint density at radius 2 is 1.75 bits per heavy atom. The van der Waals surface area contributed by atoms with Crippen molar-refractivity contribution in [2.24, 2.45) is 5.73 Å². The Morgan fingerprint density at radius 3 is 2.44 bits per heavy atom. The second-order valence-electron chi connectivity index (χ2n) is 7.54. The lowest BCUT2D eigenvalue weighted by Gasteiger charge is -2.18. The summed E-state index contributed by atoms with van der Waals surface area (Å²) in [5.74, 6) is 0.798. The van der Waals surface area contributed by atoms with Crippen molar-refractivity contribution in [3.05, 3.63) is 78.4 Å². The number of carbonyl (C=O) groups is 1. The molecule has 3 aromatic rings. The van der Waals surface area contributed by atoms with Crippen LogP contribution in [0.1, 0.15) is 18.9 Å². The minimum Gasteiger partial charge on any atom is -0.463 e. The molecule has 168 valence electrons. The standard InChI is InChI=1S/C25H30N4O2S/c1-18(24(30)28-16-19-8-4-2-5-9-19)31-25-23(27-15-14-21(26)17-32)13-12-22(29-25)20-10-6-3-7-11-20/h2-13,18,21,27,32H,14-17,26H2,1H3,(H,28,30). The number of amides is 1. The van der Waals surface area contributed by atoms with Gasteiger partial charge in [0.15, 0.2) is 6.10 Å². The first kappa shape index (κ1) is 23.6. The molecule has 32 heavy (non-hydrogen) atoms. The SMILES string of the molecule is CC(Oc1nc(-c2ccccc2)ccc1NCCC(N)CS)C(=O)NCc1ccccc1. The molecule has 3 rings (SSSR count). The number of nitrogens with two attached hydrogens (primary N) is 1. The lowest BCUT2D eigenvalue weighted by molar-refractivity contribution is -0.127. The van der Waals surface area contributed by atoms with Crippen molar-refractivity contribution in [2.45, 2.75) is 32.0 Å². The van der Waals surface area contributed by atoms with E-state index in [2.05, 4.69) is 23.3 Å². The third-order valence-corrected chi connectivity index (χ3v) is 5.43. The summed E-state index contributed by atoms with van der Waals surface area (Å²) in [4.78, 5) is 17.3. The van der Waals surface area contributed by atoms with Crippen LogP contribution in [0.5, 0.6) is 5.88 Å². The van der Waals surface area contributed by atoms with Crippen LogP contribution in [0.4, 0.5) is 5.69 Å². The summed E-state index contributed by atoms with van der Waals surface area (Å²) >= 11 is 4.23. The molecule has 2 aromatic carbocycles. The molecule has 0 aliphatic carbocycles. The maximum atomic E-state index is 12.6. The third-order valence-electron chi connectivity index (χ3n) is 4.96. The molecule has 1 heterocycles. The van der Waals surface area contributed by atoms with Crippen molar-refractivity contribution in [1.29, 1.82) is 0 Å². The molecule has 0 bridgehead atoms. The van der Waals surface area contributed by atoms with Gasteiger partial charge in [-0.25, -0.2) is 4.98 Å². The zero-order chi connectivity index (χ0) is 22.8. The van der Waals surface area contributed by atoms with E-state index in [0.717, 1.165) is 28.9 Å². The van der Waals surface area contributed by atoms with Gasteiger partial charge in [-0.05, 0) is 31.0 Å². The van der Waals surface area contributed by atoms with E-state index < -0.39 is 6.10 Å². The summed E-state index contributed by atoms with van der Waals surface area (Å²) in [6.45, 7) is 2.81. The van der Waals surface area contributed by atoms with E-state index in [0.29, 0.717) is 24.7 Å². The molecule has 4 N–H and O–H groups in total. The number of hydrogen-bond acceptors (Lipinski definition) is 6. The van der Waals surface area contributed by atoms with Gasteiger partial charge in [0.25, 0.3) is 5.91 Å². The highest BCUT2D eigenvalue weighted by Gasteiger charge is 2.18. The fourth-order valence-electron chi connectivity index (χ4n) is 3.07. The molecule has 0 saturated heterocycles. The van der Waals surface area contributed by atoms with E-state index in [9.17, 15) is 4.79 Å². The highest BCUT2D eigenvalue weighted by atomic mass is 32.1. The van der Waals surface area contributed by atoms with Crippen molar-refractivity contribution < 1.29 is 9.53 Å². The highest BCUT2D eigenvalue weighted by molar-refractivity contribution is 7.80. The average Bonchev–Trinajstić information content (AvgIpc) is 2.84. The third kappa shape index (κ3) is 7.00. The number of hydrogen-bond donors (Lipinski definition) is 4. The van der Waals surface area contributed by atoms with Crippen LogP contribution < -0.4 is 21.1 Å². The Kier molecular flexibility index (Phi) is 8.95. The number of nitrogens with one attached hydrogen (secondary N) is 2. The zero-order valence-electron chi connectivity index (χ0n) is 18.2. The van der Waals surface area contributed by atoms with Gasteiger partial charge in [-0.1, -0.05) is 60.7 Å². The molecule has 0 saturated carbocycles. The smallest absolute Gasteiger partial charge is 0.261 e. The second-order valence-corrected chi connectivity index (χ2v) is 7.90. The van der Waals surface area contributed by atoms with Crippen LogP contribution in [0.25, 0.3) is 11.3 Å². The lowest BCUT2D eigenvalue weighted by Crippen LogP contribution is -2.36. The maximum Gasteiger partial charge on any atom is 0.261 e. The van der Waals surface area contributed by atoms with E-state index in [-0.39, 0.29) is 11.9 Å². The summed E-state index contributed by atoms with van der Waals surface area (Å²) in [6, 6.07) is 23.5. The van der Waals surface area contributed by atoms with E-state index in [1.165, 1.54) is 0 Å². The van der Waals surface area contributed by atoms with Gasteiger partial charge in [0.2, 0.25) is 5.88 Å². The molecule has 0 aliphatic heterocycles.